The predicted molar refractivity (Wildman–Crippen MR) is 81.5 cm³/mol. The Bertz CT molecular complexity index is 492. The normalized spacial score (nSPS) is 20.2. The predicted octanol–water partition coefficient (Wildman–Crippen LogP) is 1.47. The Labute approximate surface area is 120 Å². The van der Waals surface area contributed by atoms with E-state index in [0.717, 1.165) is 51.1 Å². The zero-order chi connectivity index (χ0) is 13.9. The van der Waals surface area contributed by atoms with Gasteiger partial charge in [-0.05, 0) is 43.7 Å². The van der Waals surface area contributed by atoms with E-state index in [4.69, 9.17) is 0 Å². The summed E-state index contributed by atoms with van der Waals surface area (Å²) >= 11 is 0. The standard InChI is InChI=1S/C16H23N3O/c1-18-7-9-19(10-8-18)12-16(20)14-4-5-15-13(11-14)3-2-6-17-15/h4-5,11,17H,2-3,6-10,12H2,1H3. The second-order valence-corrected chi connectivity index (χ2v) is 5.90. The number of nitrogens with zero attached hydrogens (tertiary/aromatic N) is 2. The molecule has 4 nitrogen and oxygen atoms in total. The molecule has 2 aliphatic heterocycles. The molecule has 1 aromatic carbocycles. The van der Waals surface area contributed by atoms with E-state index in [2.05, 4.69) is 34.3 Å². The van der Waals surface area contributed by atoms with E-state index in [-0.39, 0.29) is 5.78 Å². The number of hydrogen-bond donors (Lipinski definition) is 1. The number of Topliss-reactive ketones (excluding diaryl/α,β-unsaturated/α-hetero) is 1. The lowest BCUT2D eigenvalue weighted by Crippen LogP contribution is -2.46. The van der Waals surface area contributed by atoms with Gasteiger partial charge in [-0.15, -0.1) is 0 Å². The number of rotatable bonds is 3. The van der Waals surface area contributed by atoms with Crippen LogP contribution >= 0.6 is 0 Å². The van der Waals surface area contributed by atoms with E-state index in [0.29, 0.717) is 6.54 Å². The highest BCUT2D eigenvalue weighted by Crippen LogP contribution is 2.23. The van der Waals surface area contributed by atoms with Crippen molar-refractivity contribution in [2.24, 2.45) is 0 Å². The average molecular weight is 273 g/mol. The first kappa shape index (κ1) is 13.6. The van der Waals surface area contributed by atoms with Gasteiger partial charge in [-0.1, -0.05) is 0 Å². The summed E-state index contributed by atoms with van der Waals surface area (Å²) in [6.45, 7) is 5.70. The summed E-state index contributed by atoms with van der Waals surface area (Å²) in [5.74, 6) is 0.253. The molecule has 0 unspecified atom stereocenters. The summed E-state index contributed by atoms with van der Waals surface area (Å²) in [4.78, 5) is 17.0. The molecule has 1 N–H and O–H groups in total. The Morgan fingerprint density at radius 2 is 2.05 bits per heavy atom. The number of ketones is 1. The Kier molecular flexibility index (Phi) is 4.03. The van der Waals surface area contributed by atoms with Crippen molar-refractivity contribution in [2.75, 3.05) is 51.6 Å². The summed E-state index contributed by atoms with van der Waals surface area (Å²) in [7, 11) is 2.13. The molecule has 2 heterocycles. The number of nitrogens with one attached hydrogen (secondary N) is 1. The summed E-state index contributed by atoms with van der Waals surface area (Å²) < 4.78 is 0. The lowest BCUT2D eigenvalue weighted by molar-refractivity contribution is 0.0876. The van der Waals surface area contributed by atoms with Gasteiger partial charge in [0.15, 0.2) is 5.78 Å². The first-order chi connectivity index (χ1) is 9.72. The van der Waals surface area contributed by atoms with E-state index in [1.165, 1.54) is 11.3 Å². The minimum Gasteiger partial charge on any atom is -0.385 e. The van der Waals surface area contributed by atoms with Gasteiger partial charge in [0.1, 0.15) is 0 Å². The van der Waals surface area contributed by atoms with Crippen LogP contribution in [0.25, 0.3) is 0 Å². The number of anilines is 1. The maximum absolute atomic E-state index is 12.4. The summed E-state index contributed by atoms with van der Waals surface area (Å²) in [5.41, 5.74) is 3.36. The highest BCUT2D eigenvalue weighted by molar-refractivity contribution is 5.98. The van der Waals surface area contributed by atoms with Crippen LogP contribution in [-0.2, 0) is 6.42 Å². The van der Waals surface area contributed by atoms with E-state index in [1.807, 2.05) is 6.07 Å². The number of benzene rings is 1. The molecule has 0 amide bonds. The number of carbonyl (C=O) groups excluding carboxylic acids is 1. The number of piperazine rings is 1. The van der Waals surface area contributed by atoms with Crippen LogP contribution < -0.4 is 5.32 Å². The van der Waals surface area contributed by atoms with Gasteiger partial charge in [-0.3, -0.25) is 9.69 Å². The van der Waals surface area contributed by atoms with E-state index < -0.39 is 0 Å². The van der Waals surface area contributed by atoms with Crippen molar-refractivity contribution in [3.63, 3.8) is 0 Å². The van der Waals surface area contributed by atoms with Gasteiger partial charge in [0.2, 0.25) is 0 Å². The Morgan fingerprint density at radius 3 is 2.85 bits per heavy atom. The molecule has 4 heteroatoms. The molecule has 2 aliphatic rings. The molecule has 3 rings (SSSR count). The average Bonchev–Trinajstić information content (AvgIpc) is 2.49. The minimum atomic E-state index is 0.253. The molecule has 1 aromatic rings. The molecule has 0 saturated carbocycles. The highest BCUT2D eigenvalue weighted by atomic mass is 16.1. The first-order valence-electron chi connectivity index (χ1n) is 7.53. The van der Waals surface area contributed by atoms with E-state index in [1.54, 1.807) is 0 Å². The van der Waals surface area contributed by atoms with E-state index >= 15 is 0 Å². The smallest absolute Gasteiger partial charge is 0.176 e. The SMILES string of the molecule is CN1CCN(CC(=O)c2ccc3c(c2)CCCN3)CC1. The van der Waals surface area contributed by atoms with Gasteiger partial charge < -0.3 is 10.2 Å². The number of aryl methyl sites for hydroxylation is 1. The fourth-order valence-electron chi connectivity index (χ4n) is 2.95. The number of likely N-dealkylation sites (N-methyl/N-ethyl adjacent to an activating group) is 1. The second kappa shape index (κ2) is 5.94. The minimum absolute atomic E-state index is 0.253. The molecule has 0 aromatic heterocycles. The maximum Gasteiger partial charge on any atom is 0.176 e. The van der Waals surface area contributed by atoms with Crippen molar-refractivity contribution < 1.29 is 4.79 Å². The maximum atomic E-state index is 12.4. The molecular weight excluding hydrogens is 250 g/mol. The number of hydrogen-bond acceptors (Lipinski definition) is 4. The van der Waals surface area contributed by atoms with Crippen LogP contribution in [0.5, 0.6) is 0 Å². The van der Waals surface area contributed by atoms with Crippen LogP contribution in [0.4, 0.5) is 5.69 Å². The number of fused-ring (bicyclic) bond motifs is 1. The second-order valence-electron chi connectivity index (χ2n) is 5.90. The topological polar surface area (TPSA) is 35.6 Å². The zero-order valence-electron chi connectivity index (χ0n) is 12.2. The Morgan fingerprint density at radius 1 is 1.25 bits per heavy atom. The molecule has 0 bridgehead atoms. The van der Waals surface area contributed by atoms with Crippen molar-refractivity contribution in [2.45, 2.75) is 12.8 Å². The monoisotopic (exact) mass is 273 g/mol. The molecule has 0 spiro atoms. The van der Waals surface area contributed by atoms with Crippen molar-refractivity contribution >= 4 is 11.5 Å². The molecule has 0 radical (unpaired) electrons. The quantitative estimate of drug-likeness (QED) is 0.846. The third kappa shape index (κ3) is 3.02. The zero-order valence-corrected chi connectivity index (χ0v) is 12.2. The first-order valence-corrected chi connectivity index (χ1v) is 7.53. The lowest BCUT2D eigenvalue weighted by atomic mass is 9.99. The van der Waals surface area contributed by atoms with Crippen LogP contribution in [0.3, 0.4) is 0 Å². The van der Waals surface area contributed by atoms with Crippen molar-refractivity contribution in [1.29, 1.82) is 0 Å². The van der Waals surface area contributed by atoms with Gasteiger partial charge in [-0.25, -0.2) is 0 Å². The van der Waals surface area contributed by atoms with Crippen molar-refractivity contribution in [3.8, 4) is 0 Å². The van der Waals surface area contributed by atoms with Gasteiger partial charge in [0, 0.05) is 44.0 Å². The highest BCUT2D eigenvalue weighted by Gasteiger charge is 2.18. The Balaban J connectivity index is 1.65. The molecule has 108 valence electrons. The summed E-state index contributed by atoms with van der Waals surface area (Å²) in [6, 6.07) is 6.11. The van der Waals surface area contributed by atoms with Crippen LogP contribution in [0.2, 0.25) is 0 Å². The largest absolute Gasteiger partial charge is 0.385 e. The third-order valence-electron chi connectivity index (χ3n) is 4.33. The molecule has 0 atom stereocenters. The Hall–Kier alpha value is -1.39. The fourth-order valence-corrected chi connectivity index (χ4v) is 2.95. The molecular formula is C16H23N3O. The third-order valence-corrected chi connectivity index (χ3v) is 4.33. The molecule has 0 aliphatic carbocycles. The number of carbonyl (C=O) groups is 1. The molecule has 1 fully saturated rings. The van der Waals surface area contributed by atoms with Crippen LogP contribution in [0, 0.1) is 0 Å². The van der Waals surface area contributed by atoms with E-state index in [9.17, 15) is 4.79 Å². The van der Waals surface area contributed by atoms with Crippen molar-refractivity contribution in [3.05, 3.63) is 29.3 Å². The molecule has 20 heavy (non-hydrogen) atoms. The van der Waals surface area contributed by atoms with Crippen LogP contribution in [0.15, 0.2) is 18.2 Å². The van der Waals surface area contributed by atoms with Crippen LogP contribution in [-0.4, -0.2) is 61.9 Å². The molecule has 1 saturated heterocycles. The summed E-state index contributed by atoms with van der Waals surface area (Å²) in [5, 5.41) is 3.39. The van der Waals surface area contributed by atoms with Gasteiger partial charge in [0.25, 0.3) is 0 Å². The van der Waals surface area contributed by atoms with Gasteiger partial charge in [0.05, 0.1) is 6.54 Å². The van der Waals surface area contributed by atoms with Crippen LogP contribution in [0.1, 0.15) is 22.3 Å². The summed E-state index contributed by atoms with van der Waals surface area (Å²) in [6.07, 6.45) is 2.24. The van der Waals surface area contributed by atoms with Gasteiger partial charge in [-0.2, -0.15) is 0 Å². The fraction of sp³-hybridized carbons (Fsp3) is 0.562. The van der Waals surface area contributed by atoms with Crippen molar-refractivity contribution in [1.82, 2.24) is 9.80 Å². The van der Waals surface area contributed by atoms with Gasteiger partial charge >= 0.3 is 0 Å². The lowest BCUT2D eigenvalue weighted by Gasteiger charge is -2.31.